The first-order valence-electron chi connectivity index (χ1n) is 6.38. The molecule has 0 aromatic heterocycles. The van der Waals surface area contributed by atoms with Gasteiger partial charge in [0, 0.05) is 0 Å². The van der Waals surface area contributed by atoms with Crippen LogP contribution in [0.2, 0.25) is 0 Å². The summed E-state index contributed by atoms with van der Waals surface area (Å²) in [5, 5.41) is 3.24. The molecule has 4 aliphatic rings. The smallest absolute Gasteiger partial charge is 0.137 e. The summed E-state index contributed by atoms with van der Waals surface area (Å²) in [4.78, 5) is 11.2. The number of nitrogens with one attached hydrogen (secondary N) is 1. The van der Waals surface area contributed by atoms with Gasteiger partial charge in [0.2, 0.25) is 0 Å². The molecular weight excluding hydrogens is 186 g/mol. The lowest BCUT2D eigenvalue weighted by Crippen LogP contribution is -2.55. The van der Waals surface area contributed by atoms with Crippen molar-refractivity contribution >= 4 is 6.29 Å². The van der Waals surface area contributed by atoms with E-state index in [1.54, 1.807) is 0 Å². The van der Waals surface area contributed by atoms with Crippen LogP contribution in [-0.2, 0) is 4.79 Å². The first-order chi connectivity index (χ1) is 7.25. The number of hydrogen-bond acceptors (Lipinski definition) is 2. The highest BCUT2D eigenvalue weighted by molar-refractivity contribution is 5.59. The van der Waals surface area contributed by atoms with Gasteiger partial charge in [-0.2, -0.15) is 0 Å². The second kappa shape index (κ2) is 3.31. The van der Waals surface area contributed by atoms with Crippen LogP contribution in [0.1, 0.15) is 38.5 Å². The number of carbonyl (C=O) groups excluding carboxylic acids is 1. The topological polar surface area (TPSA) is 29.1 Å². The predicted octanol–water partition coefficient (Wildman–Crippen LogP) is 1.99. The Balaban J connectivity index is 1.89. The highest BCUT2D eigenvalue weighted by Gasteiger charge is 2.53. The fraction of sp³-hybridized carbons (Fsp3) is 0.923. The third-order valence-electron chi connectivity index (χ3n) is 5.19. The minimum atomic E-state index is 0.117. The molecule has 0 aliphatic heterocycles. The van der Waals surface area contributed by atoms with Crippen molar-refractivity contribution in [2.75, 3.05) is 7.05 Å². The van der Waals surface area contributed by atoms with Gasteiger partial charge in [-0.3, -0.25) is 0 Å². The molecule has 0 radical (unpaired) electrons. The third kappa shape index (κ3) is 1.37. The largest absolute Gasteiger partial charge is 0.310 e. The van der Waals surface area contributed by atoms with Crippen molar-refractivity contribution in [1.82, 2.24) is 5.32 Å². The van der Waals surface area contributed by atoms with Crippen molar-refractivity contribution in [1.29, 1.82) is 0 Å². The molecule has 0 aromatic rings. The monoisotopic (exact) mass is 207 g/mol. The molecule has 0 spiro atoms. The number of carbonyl (C=O) groups is 1. The molecule has 4 bridgehead atoms. The van der Waals surface area contributed by atoms with E-state index < -0.39 is 0 Å². The summed E-state index contributed by atoms with van der Waals surface area (Å²) >= 11 is 0. The molecular formula is C13H21NO. The Kier molecular flexibility index (Phi) is 2.17. The van der Waals surface area contributed by atoms with Crippen LogP contribution in [-0.4, -0.2) is 19.4 Å². The molecule has 84 valence electrons. The molecule has 1 unspecified atom stereocenters. The maximum Gasteiger partial charge on any atom is 0.137 e. The second-order valence-corrected chi connectivity index (χ2v) is 6.18. The number of likely N-dealkylation sites (N-methyl/N-ethyl adjacent to an activating group) is 1. The van der Waals surface area contributed by atoms with Gasteiger partial charge in [0.25, 0.3) is 0 Å². The Morgan fingerprint density at radius 3 is 1.93 bits per heavy atom. The van der Waals surface area contributed by atoms with Gasteiger partial charge in [-0.15, -0.1) is 0 Å². The Morgan fingerprint density at radius 2 is 1.60 bits per heavy atom. The highest BCUT2D eigenvalue weighted by atomic mass is 16.1. The zero-order valence-electron chi connectivity index (χ0n) is 9.54. The van der Waals surface area contributed by atoms with E-state index in [1.807, 2.05) is 7.05 Å². The molecule has 0 heterocycles. The predicted molar refractivity (Wildman–Crippen MR) is 59.5 cm³/mol. The lowest BCUT2D eigenvalue weighted by atomic mass is 9.48. The van der Waals surface area contributed by atoms with Gasteiger partial charge in [-0.1, -0.05) is 0 Å². The molecule has 1 atom stereocenters. The minimum Gasteiger partial charge on any atom is -0.310 e. The van der Waals surface area contributed by atoms with Crippen molar-refractivity contribution in [2.24, 2.45) is 23.2 Å². The van der Waals surface area contributed by atoms with E-state index in [4.69, 9.17) is 0 Å². The van der Waals surface area contributed by atoms with E-state index in [0.717, 1.165) is 24.0 Å². The zero-order valence-corrected chi connectivity index (χ0v) is 9.54. The van der Waals surface area contributed by atoms with Crippen LogP contribution in [0, 0.1) is 23.2 Å². The van der Waals surface area contributed by atoms with Crippen LogP contribution in [0.4, 0.5) is 0 Å². The molecule has 4 saturated carbocycles. The average Bonchev–Trinajstić information content (AvgIpc) is 2.16. The Bertz CT molecular complexity index is 238. The summed E-state index contributed by atoms with van der Waals surface area (Å²) in [5.74, 6) is 2.81. The fourth-order valence-corrected chi connectivity index (χ4v) is 5.08. The van der Waals surface area contributed by atoms with Crippen LogP contribution in [0.15, 0.2) is 0 Å². The van der Waals surface area contributed by atoms with Crippen molar-refractivity contribution in [2.45, 2.75) is 44.6 Å². The van der Waals surface area contributed by atoms with E-state index in [-0.39, 0.29) is 6.04 Å². The first kappa shape index (κ1) is 9.83. The van der Waals surface area contributed by atoms with E-state index in [9.17, 15) is 4.79 Å². The summed E-state index contributed by atoms with van der Waals surface area (Å²) in [5.41, 5.74) is 0.339. The first-order valence-corrected chi connectivity index (χ1v) is 6.38. The Labute approximate surface area is 91.8 Å². The molecule has 2 nitrogen and oxygen atoms in total. The Morgan fingerprint density at radius 1 is 1.13 bits per heavy atom. The molecule has 0 amide bonds. The van der Waals surface area contributed by atoms with Crippen molar-refractivity contribution in [3.63, 3.8) is 0 Å². The van der Waals surface area contributed by atoms with E-state index in [1.165, 1.54) is 38.5 Å². The van der Waals surface area contributed by atoms with Crippen LogP contribution < -0.4 is 5.32 Å². The van der Waals surface area contributed by atoms with Crippen molar-refractivity contribution in [3.05, 3.63) is 0 Å². The van der Waals surface area contributed by atoms with Crippen LogP contribution in [0.25, 0.3) is 0 Å². The molecule has 1 N–H and O–H groups in total. The summed E-state index contributed by atoms with van der Waals surface area (Å²) in [7, 11) is 1.94. The Hall–Kier alpha value is -0.370. The molecule has 2 heteroatoms. The fourth-order valence-electron chi connectivity index (χ4n) is 5.08. The van der Waals surface area contributed by atoms with Crippen molar-refractivity contribution < 1.29 is 4.79 Å². The number of hydrogen-bond donors (Lipinski definition) is 1. The van der Waals surface area contributed by atoms with Crippen LogP contribution >= 0.6 is 0 Å². The molecule has 4 rings (SSSR count). The van der Waals surface area contributed by atoms with E-state index in [2.05, 4.69) is 5.32 Å². The molecule has 0 aromatic carbocycles. The van der Waals surface area contributed by atoms with Gasteiger partial charge in [0.05, 0.1) is 6.04 Å². The third-order valence-corrected chi connectivity index (χ3v) is 5.19. The summed E-state index contributed by atoms with van der Waals surface area (Å²) in [6.07, 6.45) is 9.44. The second-order valence-electron chi connectivity index (χ2n) is 6.18. The average molecular weight is 207 g/mol. The molecule has 15 heavy (non-hydrogen) atoms. The standard InChI is InChI=1S/C13H21NO/c1-14-12(8-15)13-5-9-2-10(6-13)4-11(3-9)7-13/h8-12,14H,2-7H2,1H3. The summed E-state index contributed by atoms with van der Waals surface area (Å²) in [6, 6.07) is 0.117. The molecule has 0 saturated heterocycles. The van der Waals surface area contributed by atoms with Gasteiger partial charge in [0.15, 0.2) is 0 Å². The lowest BCUT2D eigenvalue weighted by molar-refractivity contribution is -0.121. The highest BCUT2D eigenvalue weighted by Crippen LogP contribution is 2.60. The maximum absolute atomic E-state index is 11.2. The zero-order chi connectivity index (χ0) is 10.5. The van der Waals surface area contributed by atoms with Crippen molar-refractivity contribution in [3.8, 4) is 0 Å². The van der Waals surface area contributed by atoms with Crippen LogP contribution in [0.3, 0.4) is 0 Å². The van der Waals surface area contributed by atoms with Crippen LogP contribution in [0.5, 0.6) is 0 Å². The van der Waals surface area contributed by atoms with Gasteiger partial charge < -0.3 is 10.1 Å². The van der Waals surface area contributed by atoms with E-state index >= 15 is 0 Å². The quantitative estimate of drug-likeness (QED) is 0.717. The number of aldehydes is 1. The van der Waals surface area contributed by atoms with Gasteiger partial charge in [-0.25, -0.2) is 0 Å². The SMILES string of the molecule is CNC(C=O)C12CC3CC(CC(C3)C1)C2. The van der Waals surface area contributed by atoms with E-state index in [0.29, 0.717) is 5.41 Å². The van der Waals surface area contributed by atoms with Gasteiger partial charge in [-0.05, 0) is 68.7 Å². The normalized spacial score (nSPS) is 49.3. The summed E-state index contributed by atoms with van der Waals surface area (Å²) in [6.45, 7) is 0. The number of rotatable bonds is 3. The molecule has 4 fully saturated rings. The minimum absolute atomic E-state index is 0.117. The lowest BCUT2D eigenvalue weighted by Gasteiger charge is -2.58. The van der Waals surface area contributed by atoms with Gasteiger partial charge >= 0.3 is 0 Å². The maximum atomic E-state index is 11.2. The van der Waals surface area contributed by atoms with Gasteiger partial charge in [0.1, 0.15) is 6.29 Å². The summed E-state index contributed by atoms with van der Waals surface area (Å²) < 4.78 is 0. The molecule has 4 aliphatic carbocycles.